The van der Waals surface area contributed by atoms with E-state index in [2.05, 4.69) is 90.9 Å². The van der Waals surface area contributed by atoms with E-state index in [4.69, 9.17) is 0 Å². The maximum absolute atomic E-state index is 3.14. The van der Waals surface area contributed by atoms with Gasteiger partial charge in [-0.05, 0) is 38.8 Å². The van der Waals surface area contributed by atoms with Gasteiger partial charge < -0.3 is 0 Å². The third-order valence-corrected chi connectivity index (χ3v) is 7.59. The van der Waals surface area contributed by atoms with Crippen molar-refractivity contribution in [3.8, 4) is 0 Å². The molecule has 0 unspecified atom stereocenters. The first-order valence-corrected chi connectivity index (χ1v) is 10.4. The summed E-state index contributed by atoms with van der Waals surface area (Å²) in [6, 6.07) is 20.7. The molecule has 0 N–H and O–H groups in total. The minimum absolute atomic E-state index is 0. The second-order valence-corrected chi connectivity index (χ2v) is 8.23. The van der Waals surface area contributed by atoms with Gasteiger partial charge in [0, 0.05) is 22.7 Å². The van der Waals surface area contributed by atoms with Crippen LogP contribution in [0.4, 0.5) is 0 Å². The summed E-state index contributed by atoms with van der Waals surface area (Å²) in [6.45, 7) is 11.0. The normalized spacial score (nSPS) is 15.0. The molecule has 0 amide bonds. The Kier molecular flexibility index (Phi) is 10.1. The van der Waals surface area contributed by atoms with Crippen molar-refractivity contribution in [2.45, 2.75) is 34.6 Å². The summed E-state index contributed by atoms with van der Waals surface area (Å²) in [5, 5.41) is 0. The van der Waals surface area contributed by atoms with Crippen LogP contribution >= 0.6 is 0 Å². The van der Waals surface area contributed by atoms with Gasteiger partial charge in [-0.2, -0.15) is 0 Å². The van der Waals surface area contributed by atoms with Gasteiger partial charge in [0.2, 0.25) is 0 Å². The summed E-state index contributed by atoms with van der Waals surface area (Å²) in [4.78, 5) is 0. The zero-order valence-electron chi connectivity index (χ0n) is 16.4. The molecule has 2 aromatic rings. The molecule has 0 spiro atoms. The van der Waals surface area contributed by atoms with Crippen LogP contribution in [-0.4, -0.2) is 32.0 Å². The first-order chi connectivity index (χ1) is 12.3. The third kappa shape index (κ3) is 6.09. The van der Waals surface area contributed by atoms with E-state index in [0.717, 1.165) is 8.94 Å². The molecular weight excluding hydrogens is 505 g/mol. The van der Waals surface area contributed by atoms with Crippen molar-refractivity contribution >= 4 is 41.0 Å². The summed E-state index contributed by atoms with van der Waals surface area (Å²) in [6.07, 6.45) is 0. The summed E-state index contributed by atoms with van der Waals surface area (Å²) < 4.78 is 2.32. The molecule has 27 heavy (non-hydrogen) atoms. The van der Waals surface area contributed by atoms with Gasteiger partial charge in [-0.25, -0.2) is 0 Å². The second kappa shape index (κ2) is 11.3. The zero-order chi connectivity index (χ0) is 19.3. The zero-order valence-corrected chi connectivity index (χ0v) is 20.9. The molecule has 142 valence electrons. The van der Waals surface area contributed by atoms with E-state index in [1.54, 1.807) is 0 Å². The van der Waals surface area contributed by atoms with Gasteiger partial charge in [-0.15, -0.1) is 0 Å². The Morgan fingerprint density at radius 3 is 1.04 bits per heavy atom. The Morgan fingerprint density at radius 2 is 0.815 bits per heavy atom. The molecule has 0 atom stereocenters. The average Bonchev–Trinajstić information content (AvgIpc) is 2.86. The summed E-state index contributed by atoms with van der Waals surface area (Å²) in [7, 11) is 0. The van der Waals surface area contributed by atoms with Crippen molar-refractivity contribution in [3.63, 3.8) is 0 Å². The number of hydrogen-bond acceptors (Lipinski definition) is 0. The van der Waals surface area contributed by atoms with E-state index < -0.39 is 0 Å². The molecule has 1 aliphatic rings. The van der Waals surface area contributed by atoms with Gasteiger partial charge >= 0.3 is 113 Å². The molecule has 0 fully saturated rings. The topological polar surface area (TPSA) is 0 Å². The monoisotopic (exact) mass is 532 g/mol. The van der Waals surface area contributed by atoms with Crippen LogP contribution < -0.4 is 0 Å². The second-order valence-electron chi connectivity index (χ2n) is 6.52. The quantitative estimate of drug-likeness (QED) is 0.325. The molecule has 0 saturated carbocycles. The molecule has 3 heteroatoms. The molecule has 0 saturated heterocycles. The van der Waals surface area contributed by atoms with E-state index in [-0.39, 0.29) is 16.8 Å². The molecule has 2 aromatic carbocycles. The molecule has 0 heterocycles. The van der Waals surface area contributed by atoms with E-state index >= 15 is 0 Å². The Morgan fingerprint density at radius 1 is 0.519 bits per heavy atom. The third-order valence-electron chi connectivity index (χ3n) is 5.09. The van der Waals surface area contributed by atoms with Crippen LogP contribution in [-0.2, 0) is 16.8 Å². The van der Waals surface area contributed by atoms with Crippen molar-refractivity contribution in [1.29, 1.82) is 0 Å². The van der Waals surface area contributed by atoms with E-state index in [9.17, 15) is 0 Å². The van der Waals surface area contributed by atoms with Gasteiger partial charge in [-0.1, -0.05) is 18.1 Å². The molecule has 0 aliphatic heterocycles. The van der Waals surface area contributed by atoms with Crippen molar-refractivity contribution in [2.75, 3.05) is 0 Å². The Bertz CT molecular complexity index is 775. The van der Waals surface area contributed by atoms with Crippen LogP contribution in [0.15, 0.2) is 83.0 Å². The average molecular weight is 530 g/mol. The number of rotatable bonds is 2. The van der Waals surface area contributed by atoms with Crippen molar-refractivity contribution in [3.05, 3.63) is 100 Å². The first-order valence-electron chi connectivity index (χ1n) is 8.73. The van der Waals surface area contributed by atoms with Gasteiger partial charge in [0.1, 0.15) is 0 Å². The van der Waals surface area contributed by atoms with Crippen LogP contribution in [0.2, 0.25) is 0 Å². The standard InChI is InChI=1S/C14H10Se2.C10H15.Co/c15-13(11-7-3-1-4-8-11)14(16)12-9-5-2-6-10-12;1-6-7(2)9(4)10(5)8(6)3;/h1-10H;1-5H3;/b14-13-;;. The van der Waals surface area contributed by atoms with Crippen LogP contribution in [0.1, 0.15) is 45.7 Å². The summed E-state index contributed by atoms with van der Waals surface area (Å²) in [5.74, 6) is 1.47. The molecule has 4 radical (unpaired) electrons. The predicted octanol–water partition coefficient (Wildman–Crippen LogP) is 6.11. The predicted molar refractivity (Wildman–Crippen MR) is 117 cm³/mol. The maximum atomic E-state index is 3.14. The fraction of sp³-hybridized carbons (Fsp3) is 0.208. The number of allylic oxidation sites excluding steroid dienone is 4. The molecule has 0 aromatic heterocycles. The number of hydrogen-bond donors (Lipinski definition) is 0. The van der Waals surface area contributed by atoms with E-state index in [0.29, 0.717) is 0 Å². The summed E-state index contributed by atoms with van der Waals surface area (Å²) in [5.41, 5.74) is 8.29. The molecule has 0 nitrogen and oxygen atoms in total. The fourth-order valence-electron chi connectivity index (χ4n) is 2.85. The SMILES string of the molecule is C[C]1C(C)=C(C)C(C)=C1C.[Co].[Se]/C(=C(\[Se])c1ccccc1)c1ccccc1. The molecule has 1 aliphatic carbocycles. The van der Waals surface area contributed by atoms with Gasteiger partial charge in [-0.3, -0.25) is 0 Å². The van der Waals surface area contributed by atoms with Crippen molar-refractivity contribution < 1.29 is 16.8 Å². The summed E-state index contributed by atoms with van der Waals surface area (Å²) >= 11 is 6.28. The van der Waals surface area contributed by atoms with E-state index in [1.165, 1.54) is 39.3 Å². The van der Waals surface area contributed by atoms with E-state index in [1.807, 2.05) is 36.4 Å². The van der Waals surface area contributed by atoms with Crippen LogP contribution in [0.5, 0.6) is 0 Å². The van der Waals surface area contributed by atoms with Crippen LogP contribution in [0.3, 0.4) is 0 Å². The van der Waals surface area contributed by atoms with Gasteiger partial charge in [0.05, 0.1) is 0 Å². The van der Waals surface area contributed by atoms with Gasteiger partial charge in [0.15, 0.2) is 0 Å². The van der Waals surface area contributed by atoms with Gasteiger partial charge in [0.25, 0.3) is 0 Å². The molecule has 3 rings (SSSR count). The first kappa shape index (κ1) is 24.2. The van der Waals surface area contributed by atoms with Crippen LogP contribution in [0.25, 0.3) is 8.94 Å². The number of benzene rings is 2. The molecular formula is C24H25CoSe2. The Balaban J connectivity index is 0.000000288. The van der Waals surface area contributed by atoms with Crippen molar-refractivity contribution in [1.82, 2.24) is 0 Å². The fourth-order valence-corrected chi connectivity index (χ4v) is 3.91. The Labute approximate surface area is 191 Å². The Hall–Kier alpha value is -0.795. The van der Waals surface area contributed by atoms with Crippen molar-refractivity contribution in [2.24, 2.45) is 0 Å². The minimum atomic E-state index is 0. The van der Waals surface area contributed by atoms with Crippen LogP contribution in [0, 0.1) is 5.92 Å². The molecule has 0 bridgehead atoms.